The van der Waals surface area contributed by atoms with Crippen molar-refractivity contribution in [2.24, 2.45) is 0 Å². The van der Waals surface area contributed by atoms with Gasteiger partial charge in [-0.25, -0.2) is 4.39 Å². The lowest BCUT2D eigenvalue weighted by molar-refractivity contribution is 0.625. The summed E-state index contributed by atoms with van der Waals surface area (Å²) in [5.74, 6) is 0.582. The van der Waals surface area contributed by atoms with Crippen LogP contribution in [0.15, 0.2) is 45.8 Å². The fourth-order valence-corrected chi connectivity index (χ4v) is 3.10. The van der Waals surface area contributed by atoms with Crippen LogP contribution in [0.3, 0.4) is 0 Å². The monoisotopic (exact) mass is 324 g/mol. The minimum atomic E-state index is -0.194. The van der Waals surface area contributed by atoms with Gasteiger partial charge in [0.2, 0.25) is 0 Å². The quantitative estimate of drug-likeness (QED) is 0.672. The molecule has 0 fully saturated rings. The van der Waals surface area contributed by atoms with Crippen molar-refractivity contribution in [3.05, 3.63) is 63.4 Å². The molecular weight excluding hydrogens is 311 g/mol. The predicted molar refractivity (Wildman–Crippen MR) is 79.6 cm³/mol. The molecule has 0 aliphatic heterocycles. The van der Waals surface area contributed by atoms with Crippen LogP contribution in [0.25, 0.3) is 0 Å². The number of aryl methyl sites for hydroxylation is 2. The van der Waals surface area contributed by atoms with E-state index >= 15 is 0 Å². The lowest BCUT2D eigenvalue weighted by Gasteiger charge is -2.06. The Labute approximate surface area is 120 Å². The third-order valence-electron chi connectivity index (χ3n) is 2.81. The standard InChI is InChI=1S/C15H14BrFS/c1-10-3-4-15(5-11(10)2)18-9-12-6-13(16)8-14(17)7-12/h3-8H,9H2,1-2H3. The summed E-state index contributed by atoms with van der Waals surface area (Å²) in [7, 11) is 0. The highest BCUT2D eigenvalue weighted by atomic mass is 79.9. The van der Waals surface area contributed by atoms with E-state index in [2.05, 4.69) is 48.0 Å². The predicted octanol–water partition coefficient (Wildman–Crippen LogP) is 5.50. The van der Waals surface area contributed by atoms with E-state index in [-0.39, 0.29) is 5.82 Å². The number of hydrogen-bond acceptors (Lipinski definition) is 1. The van der Waals surface area contributed by atoms with E-state index in [1.165, 1.54) is 22.1 Å². The van der Waals surface area contributed by atoms with Gasteiger partial charge in [0.05, 0.1) is 0 Å². The van der Waals surface area contributed by atoms with E-state index in [4.69, 9.17) is 0 Å². The minimum Gasteiger partial charge on any atom is -0.207 e. The molecule has 0 amide bonds. The lowest BCUT2D eigenvalue weighted by Crippen LogP contribution is -1.85. The van der Waals surface area contributed by atoms with Crippen molar-refractivity contribution in [3.8, 4) is 0 Å². The van der Waals surface area contributed by atoms with Crippen LogP contribution < -0.4 is 0 Å². The van der Waals surface area contributed by atoms with Crippen LogP contribution in [-0.2, 0) is 5.75 Å². The zero-order valence-corrected chi connectivity index (χ0v) is 12.7. The van der Waals surface area contributed by atoms with Crippen LogP contribution in [-0.4, -0.2) is 0 Å². The number of benzene rings is 2. The van der Waals surface area contributed by atoms with E-state index in [1.807, 2.05) is 6.07 Å². The van der Waals surface area contributed by atoms with Crippen LogP contribution in [0.2, 0.25) is 0 Å². The van der Waals surface area contributed by atoms with E-state index < -0.39 is 0 Å². The molecule has 0 spiro atoms. The van der Waals surface area contributed by atoms with Crippen molar-refractivity contribution in [3.63, 3.8) is 0 Å². The van der Waals surface area contributed by atoms with Crippen LogP contribution >= 0.6 is 27.7 Å². The number of halogens is 2. The molecule has 0 heterocycles. The molecule has 0 aliphatic carbocycles. The fourth-order valence-electron chi connectivity index (χ4n) is 1.66. The van der Waals surface area contributed by atoms with E-state index in [0.29, 0.717) is 0 Å². The molecular formula is C15H14BrFS. The fraction of sp³-hybridized carbons (Fsp3) is 0.200. The van der Waals surface area contributed by atoms with Gasteiger partial charge >= 0.3 is 0 Å². The Balaban J connectivity index is 2.08. The van der Waals surface area contributed by atoms with E-state index in [1.54, 1.807) is 17.8 Å². The minimum absolute atomic E-state index is 0.194. The largest absolute Gasteiger partial charge is 0.207 e. The summed E-state index contributed by atoms with van der Waals surface area (Å²) in [6.07, 6.45) is 0. The molecule has 94 valence electrons. The van der Waals surface area contributed by atoms with Crippen molar-refractivity contribution >= 4 is 27.7 Å². The lowest BCUT2D eigenvalue weighted by atomic mass is 10.1. The third-order valence-corrected chi connectivity index (χ3v) is 4.33. The number of thioether (sulfide) groups is 1. The van der Waals surface area contributed by atoms with Gasteiger partial charge in [-0.05, 0) is 60.9 Å². The maximum atomic E-state index is 13.2. The summed E-state index contributed by atoms with van der Waals surface area (Å²) in [6.45, 7) is 4.21. The Morgan fingerprint density at radius 2 is 1.83 bits per heavy atom. The summed E-state index contributed by atoms with van der Waals surface area (Å²) in [5, 5.41) is 0. The average molecular weight is 325 g/mol. The highest BCUT2D eigenvalue weighted by Gasteiger charge is 2.02. The molecule has 0 bridgehead atoms. The topological polar surface area (TPSA) is 0 Å². The van der Waals surface area contributed by atoms with Crippen LogP contribution in [0.1, 0.15) is 16.7 Å². The summed E-state index contributed by atoms with van der Waals surface area (Å²) in [6, 6.07) is 11.4. The van der Waals surface area contributed by atoms with Gasteiger partial charge in [0.15, 0.2) is 0 Å². The highest BCUT2D eigenvalue weighted by Crippen LogP contribution is 2.26. The molecule has 18 heavy (non-hydrogen) atoms. The summed E-state index contributed by atoms with van der Waals surface area (Å²) in [4.78, 5) is 1.22. The molecule has 0 unspecified atom stereocenters. The molecule has 0 aliphatic rings. The van der Waals surface area contributed by atoms with E-state index in [0.717, 1.165) is 15.8 Å². The summed E-state index contributed by atoms with van der Waals surface area (Å²) >= 11 is 5.04. The van der Waals surface area contributed by atoms with Gasteiger partial charge in [-0.15, -0.1) is 11.8 Å². The first-order chi connectivity index (χ1) is 8.54. The average Bonchev–Trinajstić information content (AvgIpc) is 2.29. The van der Waals surface area contributed by atoms with Gasteiger partial charge in [0, 0.05) is 15.1 Å². The highest BCUT2D eigenvalue weighted by molar-refractivity contribution is 9.10. The molecule has 2 aromatic rings. The Morgan fingerprint density at radius 1 is 1.06 bits per heavy atom. The smallest absolute Gasteiger partial charge is 0.124 e. The van der Waals surface area contributed by atoms with Gasteiger partial charge < -0.3 is 0 Å². The van der Waals surface area contributed by atoms with Gasteiger partial charge in [0.25, 0.3) is 0 Å². The molecule has 0 atom stereocenters. The van der Waals surface area contributed by atoms with Crippen molar-refractivity contribution < 1.29 is 4.39 Å². The molecule has 0 N–H and O–H groups in total. The number of hydrogen-bond donors (Lipinski definition) is 0. The first kappa shape index (κ1) is 13.6. The van der Waals surface area contributed by atoms with Crippen molar-refractivity contribution in [1.29, 1.82) is 0 Å². The second-order valence-corrected chi connectivity index (χ2v) is 6.28. The maximum absolute atomic E-state index is 13.2. The Bertz CT molecular complexity index is 546. The van der Waals surface area contributed by atoms with Gasteiger partial charge in [-0.2, -0.15) is 0 Å². The molecule has 2 aromatic carbocycles. The van der Waals surface area contributed by atoms with Crippen LogP contribution in [0.4, 0.5) is 4.39 Å². The molecule has 3 heteroatoms. The molecule has 0 nitrogen and oxygen atoms in total. The molecule has 0 saturated heterocycles. The van der Waals surface area contributed by atoms with Crippen LogP contribution in [0, 0.1) is 19.7 Å². The first-order valence-electron chi connectivity index (χ1n) is 5.69. The van der Waals surface area contributed by atoms with Crippen molar-refractivity contribution in [2.45, 2.75) is 24.5 Å². The number of rotatable bonds is 3. The SMILES string of the molecule is Cc1ccc(SCc2cc(F)cc(Br)c2)cc1C. The Morgan fingerprint density at radius 3 is 2.50 bits per heavy atom. The molecule has 2 rings (SSSR count). The van der Waals surface area contributed by atoms with Crippen molar-refractivity contribution in [2.75, 3.05) is 0 Å². The second-order valence-electron chi connectivity index (χ2n) is 4.31. The zero-order chi connectivity index (χ0) is 13.1. The third kappa shape index (κ3) is 3.59. The Kier molecular flexibility index (Phi) is 4.46. The van der Waals surface area contributed by atoms with Crippen molar-refractivity contribution in [1.82, 2.24) is 0 Å². The van der Waals surface area contributed by atoms with Gasteiger partial charge in [-0.3, -0.25) is 0 Å². The summed E-state index contributed by atoms with van der Waals surface area (Å²) in [5.41, 5.74) is 3.58. The summed E-state index contributed by atoms with van der Waals surface area (Å²) < 4.78 is 14.0. The first-order valence-corrected chi connectivity index (χ1v) is 7.47. The molecule has 0 saturated carbocycles. The van der Waals surface area contributed by atoms with Crippen LogP contribution in [0.5, 0.6) is 0 Å². The normalized spacial score (nSPS) is 10.7. The molecule has 0 radical (unpaired) electrons. The second kappa shape index (κ2) is 5.89. The van der Waals surface area contributed by atoms with Gasteiger partial charge in [-0.1, -0.05) is 22.0 Å². The molecule has 0 aromatic heterocycles. The Hall–Kier alpha value is -0.800. The maximum Gasteiger partial charge on any atom is 0.124 e. The zero-order valence-electron chi connectivity index (χ0n) is 10.3. The van der Waals surface area contributed by atoms with E-state index in [9.17, 15) is 4.39 Å². The van der Waals surface area contributed by atoms with Gasteiger partial charge in [0.1, 0.15) is 5.82 Å².